The van der Waals surface area contributed by atoms with E-state index in [4.69, 9.17) is 14.2 Å². The predicted octanol–water partition coefficient (Wildman–Crippen LogP) is 7.16. The van der Waals surface area contributed by atoms with Crippen molar-refractivity contribution in [3.05, 3.63) is 78.5 Å². The standard InChI is InChI=1S/C33H41N3O4/c1-6-17-36(18-20-37)19-21-39-32-23-29-28(22-31(32)38-5)30(15-16-34-29)40-27-13-11-26(12-14-27)35-25-9-7-24(8-10-25)33(2,3)4/h7-16,22-23,35,37H,6,17-21H2,1-5H3. The smallest absolute Gasteiger partial charge is 0.163 e. The zero-order valence-electron chi connectivity index (χ0n) is 24.2. The average Bonchev–Trinajstić information content (AvgIpc) is 2.94. The number of hydrogen-bond donors (Lipinski definition) is 2. The molecule has 212 valence electrons. The summed E-state index contributed by atoms with van der Waals surface area (Å²) in [6.45, 7) is 11.7. The molecule has 0 radical (unpaired) electrons. The number of anilines is 2. The highest BCUT2D eigenvalue weighted by Crippen LogP contribution is 2.37. The maximum atomic E-state index is 9.29. The van der Waals surface area contributed by atoms with Crippen molar-refractivity contribution in [2.24, 2.45) is 0 Å². The minimum atomic E-state index is 0.129. The van der Waals surface area contributed by atoms with Crippen LogP contribution in [0.5, 0.6) is 23.0 Å². The number of rotatable bonds is 13. The summed E-state index contributed by atoms with van der Waals surface area (Å²) in [7, 11) is 1.63. The SMILES string of the molecule is CCCN(CCO)CCOc1cc2nccc(Oc3ccc(Nc4ccc(C(C)(C)C)cc4)cc3)c2cc1OC. The minimum absolute atomic E-state index is 0.129. The quantitative estimate of drug-likeness (QED) is 0.185. The third kappa shape index (κ3) is 7.64. The summed E-state index contributed by atoms with van der Waals surface area (Å²) < 4.78 is 18.0. The molecule has 0 atom stereocenters. The summed E-state index contributed by atoms with van der Waals surface area (Å²) in [5.41, 5.74) is 4.21. The second-order valence-electron chi connectivity index (χ2n) is 10.8. The number of aliphatic hydroxyl groups excluding tert-OH is 1. The van der Waals surface area contributed by atoms with E-state index in [2.05, 4.69) is 67.2 Å². The summed E-state index contributed by atoms with van der Waals surface area (Å²) in [4.78, 5) is 6.72. The molecule has 0 aliphatic carbocycles. The van der Waals surface area contributed by atoms with Gasteiger partial charge in [0, 0.05) is 42.1 Å². The van der Waals surface area contributed by atoms with E-state index < -0.39 is 0 Å². The lowest BCUT2D eigenvalue weighted by Gasteiger charge is -2.21. The molecule has 0 aliphatic rings. The summed E-state index contributed by atoms with van der Waals surface area (Å²) >= 11 is 0. The van der Waals surface area contributed by atoms with E-state index in [-0.39, 0.29) is 12.0 Å². The van der Waals surface area contributed by atoms with E-state index >= 15 is 0 Å². The predicted molar refractivity (Wildman–Crippen MR) is 163 cm³/mol. The first kappa shape index (κ1) is 29.2. The third-order valence-electron chi connectivity index (χ3n) is 6.73. The molecule has 1 aromatic heterocycles. The fourth-order valence-electron chi connectivity index (χ4n) is 4.52. The number of benzene rings is 3. The second-order valence-corrected chi connectivity index (χ2v) is 10.8. The van der Waals surface area contributed by atoms with Crippen LogP contribution in [0.15, 0.2) is 72.9 Å². The zero-order valence-corrected chi connectivity index (χ0v) is 24.2. The molecular formula is C33H41N3O4. The van der Waals surface area contributed by atoms with E-state index in [1.54, 1.807) is 13.3 Å². The maximum Gasteiger partial charge on any atom is 0.163 e. The summed E-state index contributed by atoms with van der Waals surface area (Å²) in [5.74, 6) is 2.66. The Morgan fingerprint density at radius 2 is 1.55 bits per heavy atom. The van der Waals surface area contributed by atoms with Crippen LogP contribution in [0.4, 0.5) is 11.4 Å². The van der Waals surface area contributed by atoms with Gasteiger partial charge in [-0.15, -0.1) is 0 Å². The van der Waals surface area contributed by atoms with Gasteiger partial charge in [0.2, 0.25) is 0 Å². The number of nitrogens with one attached hydrogen (secondary N) is 1. The minimum Gasteiger partial charge on any atom is -0.493 e. The van der Waals surface area contributed by atoms with Gasteiger partial charge >= 0.3 is 0 Å². The molecule has 7 heteroatoms. The molecule has 0 fully saturated rings. The van der Waals surface area contributed by atoms with Crippen molar-refractivity contribution < 1.29 is 19.3 Å². The Hall–Kier alpha value is -3.81. The highest BCUT2D eigenvalue weighted by atomic mass is 16.5. The monoisotopic (exact) mass is 543 g/mol. The number of fused-ring (bicyclic) bond motifs is 1. The highest BCUT2D eigenvalue weighted by Gasteiger charge is 2.14. The van der Waals surface area contributed by atoms with Gasteiger partial charge in [-0.2, -0.15) is 0 Å². The van der Waals surface area contributed by atoms with Gasteiger partial charge in [-0.25, -0.2) is 0 Å². The van der Waals surface area contributed by atoms with Crippen molar-refractivity contribution in [1.82, 2.24) is 9.88 Å². The number of aliphatic hydroxyl groups is 1. The summed E-state index contributed by atoms with van der Waals surface area (Å²) in [5, 5.41) is 13.6. The highest BCUT2D eigenvalue weighted by molar-refractivity contribution is 5.88. The van der Waals surface area contributed by atoms with Crippen molar-refractivity contribution in [2.75, 3.05) is 45.3 Å². The van der Waals surface area contributed by atoms with Crippen molar-refractivity contribution >= 4 is 22.3 Å². The number of aromatic nitrogens is 1. The van der Waals surface area contributed by atoms with Crippen LogP contribution in [0, 0.1) is 0 Å². The van der Waals surface area contributed by atoms with Gasteiger partial charge in [0.1, 0.15) is 18.1 Å². The molecule has 1 heterocycles. The number of methoxy groups -OCH3 is 1. The Morgan fingerprint density at radius 1 is 0.850 bits per heavy atom. The van der Waals surface area contributed by atoms with Crippen LogP contribution in [0.1, 0.15) is 39.7 Å². The number of nitrogens with zero attached hydrogens (tertiary/aromatic N) is 2. The van der Waals surface area contributed by atoms with Crippen LogP contribution >= 0.6 is 0 Å². The Labute approximate surface area is 237 Å². The molecule has 0 aliphatic heterocycles. The topological polar surface area (TPSA) is 76.1 Å². The molecule has 4 rings (SSSR count). The Kier molecular flexibility index (Phi) is 9.85. The fourth-order valence-corrected chi connectivity index (χ4v) is 4.52. The largest absolute Gasteiger partial charge is 0.493 e. The Morgan fingerprint density at radius 3 is 2.17 bits per heavy atom. The normalized spacial score (nSPS) is 11.6. The van der Waals surface area contributed by atoms with Crippen molar-refractivity contribution in [1.29, 1.82) is 0 Å². The fraction of sp³-hybridized carbons (Fsp3) is 0.364. The molecule has 0 saturated carbocycles. The maximum absolute atomic E-state index is 9.29. The molecule has 0 amide bonds. The molecule has 40 heavy (non-hydrogen) atoms. The van der Waals surface area contributed by atoms with Gasteiger partial charge in [0.15, 0.2) is 11.5 Å². The average molecular weight is 544 g/mol. The third-order valence-corrected chi connectivity index (χ3v) is 6.73. The summed E-state index contributed by atoms with van der Waals surface area (Å²) in [6.07, 6.45) is 2.76. The van der Waals surface area contributed by atoms with Crippen molar-refractivity contribution in [2.45, 2.75) is 39.5 Å². The number of hydrogen-bond acceptors (Lipinski definition) is 7. The Bertz CT molecular complexity index is 1360. The molecule has 3 aromatic carbocycles. The van der Waals surface area contributed by atoms with E-state index in [0.717, 1.165) is 47.5 Å². The van der Waals surface area contributed by atoms with E-state index in [0.29, 0.717) is 30.4 Å². The lowest BCUT2D eigenvalue weighted by molar-refractivity contribution is 0.167. The van der Waals surface area contributed by atoms with Gasteiger partial charge in [-0.05, 0) is 72.5 Å². The molecule has 7 nitrogen and oxygen atoms in total. The molecule has 0 saturated heterocycles. The van der Waals surface area contributed by atoms with Crippen LogP contribution < -0.4 is 19.5 Å². The van der Waals surface area contributed by atoms with Gasteiger partial charge in [0.25, 0.3) is 0 Å². The van der Waals surface area contributed by atoms with E-state index in [9.17, 15) is 5.11 Å². The Balaban J connectivity index is 1.45. The summed E-state index contributed by atoms with van der Waals surface area (Å²) in [6, 6.07) is 22.1. The van der Waals surface area contributed by atoms with Crippen LogP contribution in [-0.4, -0.2) is 54.9 Å². The molecule has 0 bridgehead atoms. The molecule has 2 N–H and O–H groups in total. The van der Waals surface area contributed by atoms with Crippen LogP contribution in [0.25, 0.3) is 10.9 Å². The first-order valence-corrected chi connectivity index (χ1v) is 13.9. The van der Waals surface area contributed by atoms with E-state index in [1.165, 1.54) is 5.56 Å². The zero-order chi connectivity index (χ0) is 28.5. The number of pyridine rings is 1. The van der Waals surface area contributed by atoms with Crippen LogP contribution in [-0.2, 0) is 5.41 Å². The lowest BCUT2D eigenvalue weighted by Crippen LogP contribution is -2.31. The van der Waals surface area contributed by atoms with Gasteiger partial charge in [-0.1, -0.05) is 39.8 Å². The first-order valence-electron chi connectivity index (χ1n) is 13.9. The van der Waals surface area contributed by atoms with Crippen LogP contribution in [0.2, 0.25) is 0 Å². The molecule has 0 spiro atoms. The number of ether oxygens (including phenoxy) is 3. The molecular weight excluding hydrogens is 502 g/mol. The second kappa shape index (κ2) is 13.5. The van der Waals surface area contributed by atoms with Crippen molar-refractivity contribution in [3.8, 4) is 23.0 Å². The van der Waals surface area contributed by atoms with Crippen molar-refractivity contribution in [3.63, 3.8) is 0 Å². The van der Waals surface area contributed by atoms with E-state index in [1.807, 2.05) is 42.5 Å². The van der Waals surface area contributed by atoms with Gasteiger partial charge < -0.3 is 24.6 Å². The van der Waals surface area contributed by atoms with Gasteiger partial charge in [0.05, 0.1) is 19.2 Å². The lowest BCUT2D eigenvalue weighted by atomic mass is 9.87. The van der Waals surface area contributed by atoms with Crippen LogP contribution in [0.3, 0.4) is 0 Å². The molecule has 0 unspecified atom stereocenters. The first-order chi connectivity index (χ1) is 19.3. The van der Waals surface area contributed by atoms with Gasteiger partial charge in [-0.3, -0.25) is 9.88 Å². The molecule has 4 aromatic rings.